The van der Waals surface area contributed by atoms with Gasteiger partial charge in [0.25, 0.3) is 6.02 Å². The van der Waals surface area contributed by atoms with Crippen molar-refractivity contribution in [3.05, 3.63) is 0 Å². The number of nitrogens with zero attached hydrogens (tertiary/aromatic N) is 3. The lowest BCUT2D eigenvalue weighted by Gasteiger charge is -2.48. The monoisotopic (exact) mass is 848 g/mol. The zero-order chi connectivity index (χ0) is 43.5. The Labute approximate surface area is 351 Å². The Hall–Kier alpha value is -1.31. The average molecular weight is 848 g/mol. The van der Waals surface area contributed by atoms with Crippen LogP contribution in [0.25, 0.3) is 0 Å². The van der Waals surface area contributed by atoms with E-state index in [1.165, 1.54) is 14.0 Å². The number of likely N-dealkylation sites (N-methyl/N-ethyl adjacent to an activating group) is 2. The average Bonchev–Trinajstić information content (AvgIpc) is 3.47. The summed E-state index contributed by atoms with van der Waals surface area (Å²) in [7, 11) is 5.36. The number of rotatable bonds is 10. The van der Waals surface area contributed by atoms with Crippen molar-refractivity contribution in [3.63, 3.8) is 0 Å². The lowest BCUT2D eigenvalue weighted by atomic mass is 9.77. The smallest absolute Gasteiger partial charge is 0.311 e. The van der Waals surface area contributed by atoms with E-state index in [2.05, 4.69) is 11.2 Å². The van der Waals surface area contributed by atoms with E-state index in [0.29, 0.717) is 25.5 Å². The summed E-state index contributed by atoms with van der Waals surface area (Å²) < 4.78 is 45.0. The molecule has 4 aliphatic rings. The summed E-state index contributed by atoms with van der Waals surface area (Å²) in [6.07, 6.45) is -4.19. The van der Waals surface area contributed by atoms with Gasteiger partial charge in [0.2, 0.25) is 0 Å². The number of methoxy groups -OCH3 is 1. The summed E-state index contributed by atoms with van der Waals surface area (Å²) in [5, 5.41) is 47.2. The number of carbonyl (C=O) groups is 1. The number of cyclic esters (lactones) is 1. The van der Waals surface area contributed by atoms with Crippen molar-refractivity contribution in [1.29, 1.82) is 0 Å². The number of aliphatic imine (C=N–C) groups is 1. The molecule has 15 nitrogen and oxygen atoms in total. The summed E-state index contributed by atoms with van der Waals surface area (Å²) in [5.41, 5.74) is -4.34. The first-order valence-electron chi connectivity index (χ1n) is 21.3. The Bertz CT molecular complexity index is 1360. The number of carbonyl (C=O) groups excluding carboxylic acids is 1. The molecule has 4 aliphatic heterocycles. The summed E-state index contributed by atoms with van der Waals surface area (Å²) in [5.74, 6) is -1.50. The van der Waals surface area contributed by atoms with Crippen molar-refractivity contribution in [2.24, 2.45) is 22.7 Å². The summed E-state index contributed by atoms with van der Waals surface area (Å²) in [6.45, 7) is 19.1. The van der Waals surface area contributed by atoms with Gasteiger partial charge in [-0.15, -0.1) is 0 Å². The molecule has 0 aromatic heterocycles. The highest BCUT2D eigenvalue weighted by molar-refractivity contribution is 7.98. The van der Waals surface area contributed by atoms with Gasteiger partial charge in [0.1, 0.15) is 23.9 Å². The molecule has 4 rings (SSSR count). The molecule has 4 heterocycles. The van der Waals surface area contributed by atoms with Crippen LogP contribution in [0.2, 0.25) is 0 Å². The van der Waals surface area contributed by atoms with E-state index in [-0.39, 0.29) is 37.3 Å². The number of hydrogen-bond acceptors (Lipinski definition) is 15. The first kappa shape index (κ1) is 49.3. The molecule has 0 amide bonds. The number of hydrogen-bond donors (Lipinski definition) is 4. The molecular formula is C42H77N3O12S. The predicted molar refractivity (Wildman–Crippen MR) is 222 cm³/mol. The Balaban J connectivity index is 1.81. The highest BCUT2D eigenvalue weighted by atomic mass is 32.2. The third-order valence-electron chi connectivity index (χ3n) is 13.3. The van der Waals surface area contributed by atoms with Gasteiger partial charge in [-0.25, -0.2) is 4.99 Å². The van der Waals surface area contributed by atoms with Crippen molar-refractivity contribution < 1.29 is 58.4 Å². The fourth-order valence-corrected chi connectivity index (χ4v) is 10.0. The second-order valence-electron chi connectivity index (χ2n) is 18.4. The van der Waals surface area contributed by atoms with Crippen LogP contribution in [-0.2, 0) is 38.0 Å². The van der Waals surface area contributed by atoms with E-state index in [4.69, 9.17) is 38.2 Å². The van der Waals surface area contributed by atoms with E-state index >= 15 is 0 Å². The van der Waals surface area contributed by atoms with Crippen molar-refractivity contribution in [2.75, 3.05) is 46.3 Å². The molecule has 0 radical (unpaired) electrons. The fourth-order valence-electron chi connectivity index (χ4n) is 9.60. The van der Waals surface area contributed by atoms with Crippen LogP contribution >= 0.6 is 11.8 Å². The Morgan fingerprint density at radius 2 is 1.64 bits per heavy atom. The van der Waals surface area contributed by atoms with Crippen LogP contribution in [0.1, 0.15) is 101 Å². The van der Waals surface area contributed by atoms with Gasteiger partial charge in [-0.1, -0.05) is 20.8 Å². The SMILES string of the molecule is CC[C@H]1OC(=O)[C@H](C)[C@@H](O[C@H]2C[C@@](C)(OC)[C@@H](O)[C@H](C)O2)[C@H](C)[C@@H](O[C@@H]2O[C@H](C)C[C@H]3[C@H]2OC(=NCCCSC)N3C)[C@](C)(O)C[C@@H](C)CN(C)[C@H](C)[C@@H](O)[C@]1(C)O. The van der Waals surface area contributed by atoms with E-state index in [9.17, 15) is 25.2 Å². The zero-order valence-electron chi connectivity index (χ0n) is 37.6. The Kier molecular flexibility index (Phi) is 17.2. The van der Waals surface area contributed by atoms with Crippen molar-refractivity contribution in [1.82, 2.24) is 9.80 Å². The molecule has 18 atom stereocenters. The topological polar surface area (TPSA) is 181 Å². The lowest BCUT2D eigenvalue weighted by molar-refractivity contribution is -0.313. The van der Waals surface area contributed by atoms with Crippen LogP contribution in [0.15, 0.2) is 4.99 Å². The van der Waals surface area contributed by atoms with E-state index in [0.717, 1.165) is 12.2 Å². The van der Waals surface area contributed by atoms with E-state index in [1.54, 1.807) is 46.4 Å². The molecule has 0 aliphatic carbocycles. The summed E-state index contributed by atoms with van der Waals surface area (Å²) in [6, 6.07) is -0.0908. The third-order valence-corrected chi connectivity index (χ3v) is 14.0. The van der Waals surface area contributed by atoms with Gasteiger partial charge >= 0.3 is 5.97 Å². The number of aliphatic hydroxyl groups excluding tert-OH is 2. The number of amidine groups is 1. The van der Waals surface area contributed by atoms with Gasteiger partial charge in [0.05, 0.1) is 47.6 Å². The van der Waals surface area contributed by atoms with Crippen LogP contribution in [0, 0.1) is 17.8 Å². The maximum absolute atomic E-state index is 14.4. The van der Waals surface area contributed by atoms with Gasteiger partial charge in [0, 0.05) is 45.6 Å². The molecule has 16 heteroatoms. The second-order valence-corrected chi connectivity index (χ2v) is 19.4. The molecule has 4 saturated heterocycles. The highest BCUT2D eigenvalue weighted by Crippen LogP contribution is 2.41. The molecule has 4 fully saturated rings. The van der Waals surface area contributed by atoms with Gasteiger partial charge in [0.15, 0.2) is 18.7 Å². The molecule has 0 saturated carbocycles. The molecule has 4 N–H and O–H groups in total. The first-order valence-corrected chi connectivity index (χ1v) is 22.7. The zero-order valence-corrected chi connectivity index (χ0v) is 38.4. The molecule has 0 spiro atoms. The first-order chi connectivity index (χ1) is 27.0. The minimum atomic E-state index is -1.80. The number of fused-ring (bicyclic) bond motifs is 1. The highest BCUT2D eigenvalue weighted by Gasteiger charge is 2.54. The van der Waals surface area contributed by atoms with Gasteiger partial charge < -0.3 is 63.4 Å². The normalized spacial score (nSPS) is 47.2. The maximum Gasteiger partial charge on any atom is 0.311 e. The number of aliphatic hydroxyl groups is 4. The molecule has 0 bridgehead atoms. The largest absolute Gasteiger partial charge is 0.459 e. The molecule has 0 unspecified atom stereocenters. The Morgan fingerprint density at radius 3 is 2.26 bits per heavy atom. The Morgan fingerprint density at radius 1 is 0.966 bits per heavy atom. The summed E-state index contributed by atoms with van der Waals surface area (Å²) in [4.78, 5) is 23.2. The molecule has 0 aromatic carbocycles. The molecule has 0 aromatic rings. The van der Waals surface area contributed by atoms with Crippen LogP contribution in [0.4, 0.5) is 0 Å². The van der Waals surface area contributed by atoms with Crippen LogP contribution in [0.3, 0.4) is 0 Å². The second kappa shape index (κ2) is 20.3. The van der Waals surface area contributed by atoms with Gasteiger partial charge in [-0.3, -0.25) is 4.79 Å². The quantitative estimate of drug-likeness (QED) is 0.185. The van der Waals surface area contributed by atoms with Crippen LogP contribution < -0.4 is 0 Å². The minimum Gasteiger partial charge on any atom is -0.459 e. The molecular weight excluding hydrogens is 771 g/mol. The third kappa shape index (κ3) is 11.0. The lowest BCUT2D eigenvalue weighted by Crippen LogP contribution is -2.60. The van der Waals surface area contributed by atoms with E-state index in [1.807, 2.05) is 46.7 Å². The van der Waals surface area contributed by atoms with Crippen LogP contribution in [-0.4, -0.2) is 179 Å². The van der Waals surface area contributed by atoms with Gasteiger partial charge in [-0.05, 0) is 99.1 Å². The maximum atomic E-state index is 14.4. The summed E-state index contributed by atoms with van der Waals surface area (Å²) >= 11 is 1.77. The van der Waals surface area contributed by atoms with Crippen LogP contribution in [0.5, 0.6) is 0 Å². The van der Waals surface area contributed by atoms with E-state index < -0.39 is 96.0 Å². The van der Waals surface area contributed by atoms with Crippen molar-refractivity contribution >= 4 is 23.8 Å². The number of thioether (sulfide) groups is 1. The predicted octanol–water partition coefficient (Wildman–Crippen LogP) is 3.42. The molecule has 338 valence electrons. The van der Waals surface area contributed by atoms with Crippen molar-refractivity contribution in [2.45, 2.75) is 192 Å². The van der Waals surface area contributed by atoms with Crippen molar-refractivity contribution in [3.8, 4) is 0 Å². The van der Waals surface area contributed by atoms with Gasteiger partial charge in [-0.2, -0.15) is 11.8 Å². The number of esters is 1. The molecule has 58 heavy (non-hydrogen) atoms. The standard InChI is InChI=1S/C42H77N3O12S/c1-15-30-42(10,50)34(46)27(6)44(11)22-23(2)20-40(8,49)36(57-38-33-29(19-24(3)52-38)45(12)39(56-33)43-17-16-18-58-14)25(4)32(26(5)37(48)54-30)55-31-21-41(9,51-13)35(47)28(7)53-31/h23-36,38,46-47,49-50H,15-22H2,1-14H3/t23-,24-,25+,26-,27-,28+,29+,30-,31+,32+,33-,34-,35+,36-,38+,40-,41-,42-/m1/s1. The minimum absolute atomic E-state index is 0.0916. The fraction of sp³-hybridized carbons (Fsp3) is 0.952. The number of ether oxygens (including phenoxy) is 7.